The van der Waals surface area contributed by atoms with Gasteiger partial charge in [-0.25, -0.2) is 4.68 Å². The normalized spacial score (nSPS) is 26.1. The number of aromatic nitrogens is 2. The quantitative estimate of drug-likeness (QED) is 0.867. The number of hydrogen-bond donors (Lipinski definition) is 1. The summed E-state index contributed by atoms with van der Waals surface area (Å²) in [7, 11) is 1.72. The van der Waals surface area contributed by atoms with Gasteiger partial charge in [0.15, 0.2) is 0 Å². The van der Waals surface area contributed by atoms with E-state index in [1.165, 1.54) is 11.1 Å². The maximum atomic E-state index is 11.7. The molecule has 0 radical (unpaired) electrons. The van der Waals surface area contributed by atoms with E-state index in [1.54, 1.807) is 13.1 Å². The highest BCUT2D eigenvalue weighted by Gasteiger charge is 2.32. The highest BCUT2D eigenvalue weighted by molar-refractivity contribution is 5.85. The van der Waals surface area contributed by atoms with Crippen LogP contribution >= 0.6 is 12.4 Å². The average Bonchev–Trinajstić information content (AvgIpc) is 2.78. The van der Waals surface area contributed by atoms with Crippen LogP contribution in [-0.2, 0) is 20.0 Å². The van der Waals surface area contributed by atoms with E-state index in [4.69, 9.17) is 0 Å². The van der Waals surface area contributed by atoms with Crippen molar-refractivity contribution < 1.29 is 0 Å². The molecule has 3 heterocycles. The van der Waals surface area contributed by atoms with Gasteiger partial charge in [0.25, 0.3) is 5.56 Å². The molecule has 0 aliphatic carbocycles. The molecular weight excluding hydrogens is 276 g/mol. The zero-order chi connectivity index (χ0) is 13.5. The molecule has 0 bridgehead atoms. The molecule has 6 heteroatoms. The highest BCUT2D eigenvalue weighted by atomic mass is 35.5. The zero-order valence-corrected chi connectivity index (χ0v) is 13.0. The molecule has 112 valence electrons. The van der Waals surface area contributed by atoms with Crippen LogP contribution < -0.4 is 10.9 Å². The Balaban J connectivity index is 0.00000147. The molecule has 0 saturated carbocycles. The van der Waals surface area contributed by atoms with Crippen molar-refractivity contribution in [2.45, 2.75) is 26.3 Å². The highest BCUT2D eigenvalue weighted by Crippen LogP contribution is 2.27. The van der Waals surface area contributed by atoms with Gasteiger partial charge >= 0.3 is 0 Å². The molecule has 2 aliphatic heterocycles. The van der Waals surface area contributed by atoms with Gasteiger partial charge in [0.05, 0.1) is 5.69 Å². The standard InChI is InChI=1S/C14H22N4O.ClH/c1-14(4-5-15-9-14)10-18-6-3-12-11(8-18)7-13(19)17(2)16-12;/h7,15H,3-6,8-10H2,1-2H3;1H. The van der Waals surface area contributed by atoms with Crippen molar-refractivity contribution in [3.63, 3.8) is 0 Å². The Morgan fingerprint density at radius 1 is 1.50 bits per heavy atom. The van der Waals surface area contributed by atoms with Gasteiger partial charge in [-0.2, -0.15) is 5.10 Å². The number of nitrogens with one attached hydrogen (secondary N) is 1. The maximum absolute atomic E-state index is 11.7. The third-order valence-electron chi connectivity index (χ3n) is 4.38. The fourth-order valence-electron chi connectivity index (χ4n) is 3.23. The van der Waals surface area contributed by atoms with Gasteiger partial charge in [0, 0.05) is 45.7 Å². The van der Waals surface area contributed by atoms with Crippen molar-refractivity contribution >= 4 is 12.4 Å². The minimum absolute atomic E-state index is 0. The minimum Gasteiger partial charge on any atom is -0.316 e. The van der Waals surface area contributed by atoms with Crippen LogP contribution in [0, 0.1) is 5.41 Å². The Morgan fingerprint density at radius 3 is 3.00 bits per heavy atom. The number of aryl methyl sites for hydroxylation is 1. The molecule has 1 N–H and O–H groups in total. The fourth-order valence-corrected chi connectivity index (χ4v) is 3.23. The first-order valence-corrected chi connectivity index (χ1v) is 7.05. The predicted octanol–water partition coefficient (Wildman–Crippen LogP) is 0.560. The van der Waals surface area contributed by atoms with Crippen molar-refractivity contribution in [2.24, 2.45) is 12.5 Å². The molecule has 0 aromatic carbocycles. The van der Waals surface area contributed by atoms with Gasteiger partial charge in [-0.15, -0.1) is 12.4 Å². The SMILES string of the molecule is Cl.Cn1nc2c(cc1=O)CN(CC1(C)CCNC1)CC2. The minimum atomic E-state index is -0.00524. The van der Waals surface area contributed by atoms with Gasteiger partial charge in [0.1, 0.15) is 0 Å². The van der Waals surface area contributed by atoms with Crippen molar-refractivity contribution in [1.82, 2.24) is 20.0 Å². The number of hydrogen-bond acceptors (Lipinski definition) is 4. The third kappa shape index (κ3) is 3.05. The first-order chi connectivity index (χ1) is 9.06. The number of fused-ring (bicyclic) bond motifs is 1. The van der Waals surface area contributed by atoms with Gasteiger partial charge in [-0.3, -0.25) is 9.69 Å². The lowest BCUT2D eigenvalue weighted by Crippen LogP contribution is -2.41. The van der Waals surface area contributed by atoms with E-state index in [0.29, 0.717) is 5.41 Å². The van der Waals surface area contributed by atoms with Crippen LogP contribution in [0.4, 0.5) is 0 Å². The molecule has 3 rings (SSSR count). The number of rotatable bonds is 2. The molecule has 1 aromatic heterocycles. The van der Waals surface area contributed by atoms with E-state index >= 15 is 0 Å². The molecule has 20 heavy (non-hydrogen) atoms. The largest absolute Gasteiger partial charge is 0.316 e. The van der Waals surface area contributed by atoms with Crippen LogP contribution in [0.25, 0.3) is 0 Å². The Bertz CT molecular complexity index is 536. The summed E-state index contributed by atoms with van der Waals surface area (Å²) in [6.07, 6.45) is 2.19. The second-order valence-electron chi connectivity index (χ2n) is 6.28. The first-order valence-electron chi connectivity index (χ1n) is 7.05. The van der Waals surface area contributed by atoms with Crippen molar-refractivity contribution in [3.8, 4) is 0 Å². The molecular formula is C14H23ClN4O. The number of nitrogens with zero attached hydrogens (tertiary/aromatic N) is 3. The fraction of sp³-hybridized carbons (Fsp3) is 0.714. The van der Waals surface area contributed by atoms with Crippen LogP contribution in [0.15, 0.2) is 10.9 Å². The molecule has 1 aromatic rings. The summed E-state index contributed by atoms with van der Waals surface area (Å²) in [5.74, 6) is 0. The Kier molecular flexibility index (Phi) is 4.52. The summed E-state index contributed by atoms with van der Waals surface area (Å²) in [6.45, 7) is 7.61. The van der Waals surface area contributed by atoms with Gasteiger partial charge in [-0.1, -0.05) is 6.92 Å². The summed E-state index contributed by atoms with van der Waals surface area (Å²) < 4.78 is 1.44. The lowest BCUT2D eigenvalue weighted by Gasteiger charge is -2.34. The van der Waals surface area contributed by atoms with Crippen molar-refractivity contribution in [1.29, 1.82) is 0 Å². The van der Waals surface area contributed by atoms with E-state index in [9.17, 15) is 4.79 Å². The summed E-state index contributed by atoms with van der Waals surface area (Å²) in [5, 5.41) is 7.81. The molecule has 1 unspecified atom stereocenters. The summed E-state index contributed by atoms with van der Waals surface area (Å²) in [4.78, 5) is 14.1. The molecule has 0 amide bonds. The Morgan fingerprint density at radius 2 is 2.30 bits per heavy atom. The average molecular weight is 299 g/mol. The molecule has 0 spiro atoms. The monoisotopic (exact) mass is 298 g/mol. The molecule has 2 aliphatic rings. The van der Waals surface area contributed by atoms with Crippen LogP contribution in [-0.4, -0.2) is 40.9 Å². The van der Waals surface area contributed by atoms with E-state index in [1.807, 2.05) is 0 Å². The topological polar surface area (TPSA) is 50.2 Å². The summed E-state index contributed by atoms with van der Waals surface area (Å²) in [5.41, 5.74) is 2.58. The van der Waals surface area contributed by atoms with Crippen LogP contribution in [0.2, 0.25) is 0 Å². The Hall–Kier alpha value is -0.910. The van der Waals surface area contributed by atoms with Crippen LogP contribution in [0.1, 0.15) is 24.6 Å². The lowest BCUT2D eigenvalue weighted by molar-refractivity contribution is 0.162. The van der Waals surface area contributed by atoms with Gasteiger partial charge in [-0.05, 0) is 23.9 Å². The smallest absolute Gasteiger partial charge is 0.266 e. The van der Waals surface area contributed by atoms with E-state index in [2.05, 4.69) is 22.2 Å². The Labute approximate surface area is 125 Å². The first kappa shape index (κ1) is 15.5. The van der Waals surface area contributed by atoms with E-state index < -0.39 is 0 Å². The van der Waals surface area contributed by atoms with Crippen molar-refractivity contribution in [2.75, 3.05) is 26.2 Å². The van der Waals surface area contributed by atoms with Gasteiger partial charge < -0.3 is 5.32 Å². The van der Waals surface area contributed by atoms with E-state index in [-0.39, 0.29) is 18.0 Å². The number of halogens is 1. The third-order valence-corrected chi connectivity index (χ3v) is 4.38. The molecule has 5 nitrogen and oxygen atoms in total. The van der Waals surface area contributed by atoms with Crippen LogP contribution in [0.3, 0.4) is 0 Å². The van der Waals surface area contributed by atoms with E-state index in [0.717, 1.165) is 50.4 Å². The second-order valence-corrected chi connectivity index (χ2v) is 6.28. The van der Waals surface area contributed by atoms with Crippen LogP contribution in [0.5, 0.6) is 0 Å². The molecule has 1 fully saturated rings. The lowest BCUT2D eigenvalue weighted by atomic mass is 9.88. The predicted molar refractivity (Wildman–Crippen MR) is 81.3 cm³/mol. The molecule has 1 atom stereocenters. The van der Waals surface area contributed by atoms with Crippen molar-refractivity contribution in [3.05, 3.63) is 27.7 Å². The maximum Gasteiger partial charge on any atom is 0.266 e. The summed E-state index contributed by atoms with van der Waals surface area (Å²) >= 11 is 0. The summed E-state index contributed by atoms with van der Waals surface area (Å²) in [6, 6.07) is 1.75. The molecule has 1 saturated heterocycles. The zero-order valence-electron chi connectivity index (χ0n) is 12.2. The second kappa shape index (κ2) is 5.84. The van der Waals surface area contributed by atoms with Gasteiger partial charge in [0.2, 0.25) is 0 Å².